The van der Waals surface area contributed by atoms with Crippen LogP contribution in [-0.4, -0.2) is 20.9 Å². The first-order valence-corrected chi connectivity index (χ1v) is 5.18. The van der Waals surface area contributed by atoms with Crippen LogP contribution in [-0.2, 0) is 4.79 Å². The number of nitrogens with two attached hydrogens (primary N) is 1. The number of aliphatic carboxylic acids is 1. The minimum Gasteiger partial charge on any atom is -0.480 e. The number of nitrogens with zero attached hydrogens (tertiary/aromatic N) is 2. The minimum atomic E-state index is -1.06. The van der Waals surface area contributed by atoms with Gasteiger partial charge in [0.1, 0.15) is 6.04 Å². The van der Waals surface area contributed by atoms with Gasteiger partial charge in [-0.05, 0) is 24.6 Å². The molecule has 1 heterocycles. The first-order valence-electron chi connectivity index (χ1n) is 5.18. The van der Waals surface area contributed by atoms with Crippen LogP contribution in [0.2, 0.25) is 0 Å². The van der Waals surface area contributed by atoms with E-state index in [1.54, 1.807) is 10.9 Å². The highest BCUT2D eigenvalue weighted by Crippen LogP contribution is 2.14. The van der Waals surface area contributed by atoms with Crippen LogP contribution in [0.4, 0.5) is 0 Å². The van der Waals surface area contributed by atoms with E-state index in [2.05, 4.69) is 5.10 Å². The topological polar surface area (TPSA) is 81.1 Å². The Balaban J connectivity index is 2.33. The second kappa shape index (κ2) is 4.39. The van der Waals surface area contributed by atoms with Crippen molar-refractivity contribution in [2.24, 2.45) is 5.73 Å². The van der Waals surface area contributed by atoms with Gasteiger partial charge >= 0.3 is 5.97 Å². The van der Waals surface area contributed by atoms with Gasteiger partial charge in [0.25, 0.3) is 0 Å². The molecule has 0 saturated heterocycles. The summed E-state index contributed by atoms with van der Waals surface area (Å²) < 4.78 is 1.62. The fourth-order valence-electron chi connectivity index (χ4n) is 1.55. The van der Waals surface area contributed by atoms with Crippen molar-refractivity contribution in [3.63, 3.8) is 0 Å². The van der Waals surface area contributed by atoms with Crippen LogP contribution >= 0.6 is 0 Å². The smallest absolute Gasteiger partial charge is 0.325 e. The monoisotopic (exact) mass is 231 g/mol. The molecule has 0 bridgehead atoms. The molecule has 0 spiro atoms. The molecule has 1 atom stereocenters. The number of rotatable bonds is 3. The van der Waals surface area contributed by atoms with Gasteiger partial charge in [-0.2, -0.15) is 5.10 Å². The summed E-state index contributed by atoms with van der Waals surface area (Å²) in [5, 5.41) is 12.9. The number of carboxylic acid groups (broad SMARTS) is 1. The summed E-state index contributed by atoms with van der Waals surface area (Å²) in [4.78, 5) is 10.7. The Morgan fingerprint density at radius 1 is 1.53 bits per heavy atom. The largest absolute Gasteiger partial charge is 0.480 e. The summed E-state index contributed by atoms with van der Waals surface area (Å²) in [6.07, 6.45) is 3.11. The molecule has 0 aliphatic rings. The van der Waals surface area contributed by atoms with Gasteiger partial charge in [-0.25, -0.2) is 4.68 Å². The van der Waals surface area contributed by atoms with Crippen molar-refractivity contribution >= 4 is 5.97 Å². The zero-order valence-electron chi connectivity index (χ0n) is 9.37. The highest BCUT2D eigenvalue weighted by Gasteiger charge is 2.16. The minimum absolute atomic E-state index is 0.485. The summed E-state index contributed by atoms with van der Waals surface area (Å²) in [7, 11) is 0. The van der Waals surface area contributed by atoms with E-state index in [1.807, 2.05) is 31.2 Å². The van der Waals surface area contributed by atoms with Crippen LogP contribution in [0.25, 0.3) is 5.69 Å². The predicted molar refractivity (Wildman–Crippen MR) is 62.9 cm³/mol. The zero-order chi connectivity index (χ0) is 12.4. The zero-order valence-corrected chi connectivity index (χ0v) is 9.37. The summed E-state index contributed by atoms with van der Waals surface area (Å²) in [6.45, 7) is 1.98. The molecule has 2 rings (SSSR count). The van der Waals surface area contributed by atoms with E-state index in [9.17, 15) is 4.79 Å². The van der Waals surface area contributed by atoms with E-state index in [-0.39, 0.29) is 0 Å². The fourth-order valence-corrected chi connectivity index (χ4v) is 1.55. The third-order valence-electron chi connectivity index (χ3n) is 2.49. The normalized spacial score (nSPS) is 12.4. The number of hydrogen-bond donors (Lipinski definition) is 2. The van der Waals surface area contributed by atoms with E-state index in [4.69, 9.17) is 10.8 Å². The highest BCUT2D eigenvalue weighted by atomic mass is 16.4. The maximum absolute atomic E-state index is 10.7. The van der Waals surface area contributed by atoms with Crippen molar-refractivity contribution in [3.05, 3.63) is 47.8 Å². The molecule has 1 unspecified atom stereocenters. The molecule has 0 amide bonds. The summed E-state index contributed by atoms with van der Waals surface area (Å²) in [5.41, 5.74) is 7.99. The van der Waals surface area contributed by atoms with Gasteiger partial charge in [-0.15, -0.1) is 0 Å². The number of aromatic nitrogens is 2. The number of hydrogen-bond acceptors (Lipinski definition) is 3. The summed E-state index contributed by atoms with van der Waals surface area (Å²) in [6, 6.07) is 6.73. The van der Waals surface area contributed by atoms with E-state index in [1.165, 1.54) is 6.20 Å². The van der Waals surface area contributed by atoms with Crippen LogP contribution < -0.4 is 5.73 Å². The Bertz CT molecular complexity index is 548. The molecule has 1 aromatic heterocycles. The molecule has 3 N–H and O–H groups in total. The van der Waals surface area contributed by atoms with Crippen molar-refractivity contribution in [1.82, 2.24) is 9.78 Å². The van der Waals surface area contributed by atoms with Crippen molar-refractivity contribution in [2.45, 2.75) is 13.0 Å². The average Bonchev–Trinajstić information content (AvgIpc) is 2.77. The van der Waals surface area contributed by atoms with E-state index < -0.39 is 12.0 Å². The van der Waals surface area contributed by atoms with Gasteiger partial charge in [0.05, 0.1) is 11.9 Å². The average molecular weight is 231 g/mol. The van der Waals surface area contributed by atoms with E-state index in [0.29, 0.717) is 5.56 Å². The molecule has 5 heteroatoms. The second-order valence-electron chi connectivity index (χ2n) is 3.87. The lowest BCUT2D eigenvalue weighted by Crippen LogP contribution is -2.19. The first kappa shape index (κ1) is 11.3. The Hall–Kier alpha value is -2.14. The Morgan fingerprint density at radius 2 is 2.29 bits per heavy atom. The van der Waals surface area contributed by atoms with Crippen molar-refractivity contribution < 1.29 is 9.90 Å². The predicted octanol–water partition coefficient (Wildman–Crippen LogP) is 1.27. The maximum Gasteiger partial charge on any atom is 0.325 e. The third-order valence-corrected chi connectivity index (χ3v) is 2.49. The number of carboxylic acids is 1. The van der Waals surface area contributed by atoms with Crippen molar-refractivity contribution in [3.8, 4) is 5.69 Å². The van der Waals surface area contributed by atoms with Gasteiger partial charge in [-0.3, -0.25) is 4.79 Å². The molecule has 0 aliphatic heterocycles. The lowest BCUT2D eigenvalue weighted by Gasteiger charge is -2.03. The molecule has 2 aromatic rings. The second-order valence-corrected chi connectivity index (χ2v) is 3.87. The Kier molecular flexibility index (Phi) is 2.93. The molecule has 88 valence electrons. The molecule has 5 nitrogen and oxygen atoms in total. The molecular formula is C12H13N3O2. The molecule has 0 fully saturated rings. The van der Waals surface area contributed by atoms with Gasteiger partial charge in [0.2, 0.25) is 0 Å². The lowest BCUT2D eigenvalue weighted by atomic mass is 10.2. The SMILES string of the molecule is Cc1cccc(-n2cc(C(N)C(=O)O)cn2)c1. The third kappa shape index (κ3) is 2.34. The number of benzene rings is 1. The lowest BCUT2D eigenvalue weighted by molar-refractivity contribution is -0.138. The standard InChI is InChI=1S/C12H13N3O2/c1-8-3-2-4-10(5-8)15-7-9(6-14-15)11(13)12(16)17/h2-7,11H,13H2,1H3,(H,16,17). The van der Waals surface area contributed by atoms with Gasteiger partial charge in [0.15, 0.2) is 0 Å². The molecular weight excluding hydrogens is 218 g/mol. The molecule has 0 aliphatic carbocycles. The molecule has 0 saturated carbocycles. The van der Waals surface area contributed by atoms with E-state index >= 15 is 0 Å². The van der Waals surface area contributed by atoms with Crippen molar-refractivity contribution in [2.75, 3.05) is 0 Å². The Morgan fingerprint density at radius 3 is 2.94 bits per heavy atom. The maximum atomic E-state index is 10.7. The van der Waals surface area contributed by atoms with E-state index in [0.717, 1.165) is 11.3 Å². The molecule has 1 aromatic carbocycles. The molecule has 0 radical (unpaired) electrons. The van der Waals surface area contributed by atoms with Gasteiger partial charge in [0, 0.05) is 11.8 Å². The number of aryl methyl sites for hydroxylation is 1. The first-order chi connectivity index (χ1) is 8.08. The highest BCUT2D eigenvalue weighted by molar-refractivity contribution is 5.74. The summed E-state index contributed by atoms with van der Waals surface area (Å²) >= 11 is 0. The molecule has 17 heavy (non-hydrogen) atoms. The van der Waals surface area contributed by atoms with Crippen LogP contribution in [0.1, 0.15) is 17.2 Å². The fraction of sp³-hybridized carbons (Fsp3) is 0.167. The van der Waals surface area contributed by atoms with Crippen molar-refractivity contribution in [1.29, 1.82) is 0 Å². The van der Waals surface area contributed by atoms with Crippen LogP contribution in [0.15, 0.2) is 36.7 Å². The van der Waals surface area contributed by atoms with Gasteiger partial charge < -0.3 is 10.8 Å². The van der Waals surface area contributed by atoms with Crippen LogP contribution in [0.5, 0.6) is 0 Å². The van der Waals surface area contributed by atoms with Crippen LogP contribution in [0.3, 0.4) is 0 Å². The summed E-state index contributed by atoms with van der Waals surface area (Å²) in [5.74, 6) is -1.06. The number of carbonyl (C=O) groups is 1. The van der Waals surface area contributed by atoms with Crippen LogP contribution in [0, 0.1) is 6.92 Å². The quantitative estimate of drug-likeness (QED) is 0.833. The Labute approximate surface area is 98.5 Å². The van der Waals surface area contributed by atoms with Gasteiger partial charge in [-0.1, -0.05) is 12.1 Å².